The molecule has 0 unspecified atom stereocenters. The number of rotatable bonds is 9. The molecule has 1 aliphatic heterocycles. The van der Waals surface area contributed by atoms with E-state index in [1.165, 1.54) is 7.11 Å². The Morgan fingerprint density at radius 2 is 1.81 bits per heavy atom. The molecule has 0 atom stereocenters. The molecule has 2 aromatic carbocycles. The van der Waals surface area contributed by atoms with E-state index in [2.05, 4.69) is 0 Å². The second-order valence-electron chi connectivity index (χ2n) is 6.63. The number of hydrogen-bond donors (Lipinski definition) is 0. The molecule has 0 aromatic heterocycles. The molecule has 32 heavy (non-hydrogen) atoms. The molecule has 10 heteroatoms. The second-order valence-corrected chi connectivity index (χ2v) is 8.84. The number of thioether (sulfide) groups is 1. The van der Waals surface area contributed by atoms with Crippen molar-refractivity contribution in [3.63, 3.8) is 0 Å². The highest BCUT2D eigenvalue weighted by Crippen LogP contribution is 2.39. The summed E-state index contributed by atoms with van der Waals surface area (Å²) in [4.78, 5) is 26.1. The molecule has 1 aliphatic rings. The number of benzene rings is 2. The third-order valence-electron chi connectivity index (χ3n) is 4.39. The van der Waals surface area contributed by atoms with E-state index >= 15 is 0 Å². The molecule has 170 valence electrons. The fraction of sp³-hybridized carbons (Fsp3) is 0.273. The summed E-state index contributed by atoms with van der Waals surface area (Å²) in [6.07, 6.45) is 1.61. The van der Waals surface area contributed by atoms with Gasteiger partial charge in [-0.1, -0.05) is 40.9 Å². The maximum atomic E-state index is 12.6. The predicted octanol–water partition coefficient (Wildman–Crippen LogP) is 6.31. The number of halogens is 3. The fourth-order valence-electron chi connectivity index (χ4n) is 2.89. The standard InChI is InChI=1S/C22H20Cl3NO5S/c1-3-30-18-10-14(11-19-21(27)26(6-7-29-2)22(28)32-19)9-17(25)20(18)31-12-13-4-5-15(23)16(24)8-13/h4-5,8-11H,3,6-7,12H2,1-2H3/b19-11+. The van der Waals surface area contributed by atoms with Gasteiger partial charge in [-0.2, -0.15) is 0 Å². The lowest BCUT2D eigenvalue weighted by atomic mass is 10.1. The SMILES string of the molecule is CCOc1cc(/C=C2/SC(=O)N(CCOC)C2=O)cc(Cl)c1OCc1ccc(Cl)c(Cl)c1. The first-order chi connectivity index (χ1) is 15.3. The zero-order valence-electron chi connectivity index (χ0n) is 17.3. The average Bonchev–Trinajstić information content (AvgIpc) is 3.01. The van der Waals surface area contributed by atoms with Crippen molar-refractivity contribution in [2.45, 2.75) is 13.5 Å². The number of methoxy groups -OCH3 is 1. The summed E-state index contributed by atoms with van der Waals surface area (Å²) in [6, 6.07) is 8.57. The van der Waals surface area contributed by atoms with Crippen LogP contribution < -0.4 is 9.47 Å². The van der Waals surface area contributed by atoms with Crippen LogP contribution in [0.2, 0.25) is 15.1 Å². The van der Waals surface area contributed by atoms with Crippen molar-refractivity contribution < 1.29 is 23.8 Å². The Morgan fingerprint density at radius 3 is 2.50 bits per heavy atom. The van der Waals surface area contributed by atoms with E-state index in [-0.39, 0.29) is 30.9 Å². The summed E-state index contributed by atoms with van der Waals surface area (Å²) in [7, 11) is 1.51. The van der Waals surface area contributed by atoms with Gasteiger partial charge in [0.25, 0.3) is 11.1 Å². The first-order valence-corrected chi connectivity index (χ1v) is 11.6. The van der Waals surface area contributed by atoms with Crippen LogP contribution in [0, 0.1) is 0 Å². The summed E-state index contributed by atoms with van der Waals surface area (Å²) in [6.45, 7) is 2.90. The highest BCUT2D eigenvalue weighted by molar-refractivity contribution is 8.18. The van der Waals surface area contributed by atoms with E-state index in [1.54, 1.807) is 36.4 Å². The molecule has 0 saturated carbocycles. The molecule has 1 saturated heterocycles. The lowest BCUT2D eigenvalue weighted by Gasteiger charge is -2.15. The summed E-state index contributed by atoms with van der Waals surface area (Å²) in [5.41, 5.74) is 1.42. The van der Waals surface area contributed by atoms with Crippen molar-refractivity contribution in [1.82, 2.24) is 4.90 Å². The Hall–Kier alpha value is -1.90. The van der Waals surface area contributed by atoms with Crippen LogP contribution in [0.15, 0.2) is 35.2 Å². The van der Waals surface area contributed by atoms with E-state index < -0.39 is 0 Å². The molecular weight excluding hydrogens is 497 g/mol. The number of ether oxygens (including phenoxy) is 3. The van der Waals surface area contributed by atoms with Gasteiger partial charge in [-0.05, 0) is 60.2 Å². The quantitative estimate of drug-likeness (QED) is 0.364. The van der Waals surface area contributed by atoms with Crippen molar-refractivity contribution in [2.75, 3.05) is 26.9 Å². The molecule has 0 aliphatic carbocycles. The molecule has 0 spiro atoms. The lowest BCUT2D eigenvalue weighted by molar-refractivity contribution is -0.123. The lowest BCUT2D eigenvalue weighted by Crippen LogP contribution is -2.31. The number of hydrogen-bond acceptors (Lipinski definition) is 6. The van der Waals surface area contributed by atoms with Gasteiger partial charge >= 0.3 is 0 Å². The minimum absolute atomic E-state index is 0.199. The van der Waals surface area contributed by atoms with Crippen LogP contribution in [0.4, 0.5) is 4.79 Å². The molecule has 0 bridgehead atoms. The number of carbonyl (C=O) groups is 2. The smallest absolute Gasteiger partial charge is 0.293 e. The Bertz CT molecular complexity index is 1060. The van der Waals surface area contributed by atoms with Crippen LogP contribution >= 0.6 is 46.6 Å². The number of carbonyl (C=O) groups excluding carboxylic acids is 2. The van der Waals surface area contributed by atoms with Crippen LogP contribution in [0.1, 0.15) is 18.1 Å². The number of nitrogens with zero attached hydrogens (tertiary/aromatic N) is 1. The average molecular weight is 517 g/mol. The van der Waals surface area contributed by atoms with Crippen molar-refractivity contribution >= 4 is 63.8 Å². The Morgan fingerprint density at radius 1 is 1.03 bits per heavy atom. The van der Waals surface area contributed by atoms with Crippen LogP contribution in [0.25, 0.3) is 6.08 Å². The fourth-order valence-corrected chi connectivity index (χ4v) is 4.35. The van der Waals surface area contributed by atoms with Crippen LogP contribution in [-0.4, -0.2) is 42.9 Å². The van der Waals surface area contributed by atoms with Crippen molar-refractivity contribution in [1.29, 1.82) is 0 Å². The first kappa shape index (κ1) is 24.7. The Kier molecular flexibility index (Phi) is 8.73. The maximum absolute atomic E-state index is 12.6. The third kappa shape index (κ3) is 5.91. The minimum Gasteiger partial charge on any atom is -0.490 e. The first-order valence-electron chi connectivity index (χ1n) is 9.61. The normalized spacial score (nSPS) is 15.0. The molecule has 6 nitrogen and oxygen atoms in total. The zero-order valence-corrected chi connectivity index (χ0v) is 20.4. The molecule has 3 rings (SSSR count). The van der Waals surface area contributed by atoms with Gasteiger partial charge in [-0.25, -0.2) is 0 Å². The van der Waals surface area contributed by atoms with E-state index in [0.29, 0.717) is 43.6 Å². The highest BCUT2D eigenvalue weighted by Gasteiger charge is 2.34. The van der Waals surface area contributed by atoms with E-state index in [9.17, 15) is 9.59 Å². The molecule has 1 heterocycles. The van der Waals surface area contributed by atoms with Crippen LogP contribution in [0.3, 0.4) is 0 Å². The van der Waals surface area contributed by atoms with Gasteiger partial charge in [0, 0.05) is 7.11 Å². The van der Waals surface area contributed by atoms with Crippen molar-refractivity contribution in [2.24, 2.45) is 0 Å². The number of amides is 2. The summed E-state index contributed by atoms with van der Waals surface area (Å²) in [5, 5.41) is 0.856. The predicted molar refractivity (Wildman–Crippen MR) is 128 cm³/mol. The molecular formula is C22H20Cl3NO5S. The molecule has 2 amide bonds. The number of imide groups is 1. The van der Waals surface area contributed by atoms with Gasteiger partial charge in [0.1, 0.15) is 6.61 Å². The molecule has 1 fully saturated rings. The van der Waals surface area contributed by atoms with Crippen molar-refractivity contribution in [3.8, 4) is 11.5 Å². The van der Waals surface area contributed by atoms with Gasteiger partial charge in [0.15, 0.2) is 11.5 Å². The monoisotopic (exact) mass is 515 g/mol. The zero-order chi connectivity index (χ0) is 23.3. The van der Waals surface area contributed by atoms with Gasteiger partial charge in [0.05, 0.1) is 39.7 Å². The van der Waals surface area contributed by atoms with E-state index in [0.717, 1.165) is 22.2 Å². The minimum atomic E-state index is -0.369. The summed E-state index contributed by atoms with van der Waals surface area (Å²) in [5.74, 6) is 0.418. The Balaban J connectivity index is 1.83. The van der Waals surface area contributed by atoms with Gasteiger partial charge in [-0.15, -0.1) is 0 Å². The Labute approximate surface area is 205 Å². The second kappa shape index (κ2) is 11.3. The largest absolute Gasteiger partial charge is 0.490 e. The van der Waals surface area contributed by atoms with Gasteiger partial charge < -0.3 is 14.2 Å². The van der Waals surface area contributed by atoms with E-state index in [4.69, 9.17) is 49.0 Å². The van der Waals surface area contributed by atoms with Crippen LogP contribution in [-0.2, 0) is 16.1 Å². The van der Waals surface area contributed by atoms with Crippen molar-refractivity contribution in [3.05, 3.63) is 61.4 Å². The molecule has 0 radical (unpaired) electrons. The topological polar surface area (TPSA) is 65.1 Å². The van der Waals surface area contributed by atoms with Gasteiger partial charge in [0.2, 0.25) is 0 Å². The summed E-state index contributed by atoms with van der Waals surface area (Å²) >= 11 is 19.4. The van der Waals surface area contributed by atoms with E-state index in [1.807, 2.05) is 6.92 Å². The maximum Gasteiger partial charge on any atom is 0.293 e. The third-order valence-corrected chi connectivity index (χ3v) is 6.32. The molecule has 0 N–H and O–H groups in total. The van der Waals surface area contributed by atoms with Crippen LogP contribution in [0.5, 0.6) is 11.5 Å². The summed E-state index contributed by atoms with van der Waals surface area (Å²) < 4.78 is 16.6. The molecule has 2 aromatic rings. The van der Waals surface area contributed by atoms with Gasteiger partial charge in [-0.3, -0.25) is 14.5 Å². The highest BCUT2D eigenvalue weighted by atomic mass is 35.5.